The van der Waals surface area contributed by atoms with Crippen LogP contribution in [-0.2, 0) is 0 Å². The Bertz CT molecular complexity index is 640. The van der Waals surface area contributed by atoms with Crippen molar-refractivity contribution in [3.63, 3.8) is 0 Å². The summed E-state index contributed by atoms with van der Waals surface area (Å²) in [4.78, 5) is 12.1. The first-order valence-corrected chi connectivity index (χ1v) is 6.98. The SMILES string of the molecule is Cc1ccc(C(=O)Nc2ccc(Br)cc2Cl)cc1C. The number of aryl methyl sites for hydroxylation is 2. The third kappa shape index (κ3) is 3.37. The molecule has 1 amide bonds. The van der Waals surface area contributed by atoms with Gasteiger partial charge in [0.2, 0.25) is 0 Å². The Labute approximate surface area is 125 Å². The maximum absolute atomic E-state index is 12.1. The van der Waals surface area contributed by atoms with Crippen LogP contribution in [0.25, 0.3) is 0 Å². The van der Waals surface area contributed by atoms with Crippen LogP contribution in [0.1, 0.15) is 21.5 Å². The Balaban J connectivity index is 2.23. The molecule has 2 aromatic rings. The van der Waals surface area contributed by atoms with E-state index in [4.69, 9.17) is 11.6 Å². The van der Waals surface area contributed by atoms with E-state index in [0.29, 0.717) is 16.3 Å². The summed E-state index contributed by atoms with van der Waals surface area (Å²) < 4.78 is 0.877. The molecule has 0 radical (unpaired) electrons. The van der Waals surface area contributed by atoms with Crippen molar-refractivity contribution in [1.29, 1.82) is 0 Å². The lowest BCUT2D eigenvalue weighted by Crippen LogP contribution is -2.12. The molecule has 0 fully saturated rings. The maximum Gasteiger partial charge on any atom is 0.255 e. The highest BCUT2D eigenvalue weighted by Gasteiger charge is 2.09. The molecule has 2 nitrogen and oxygen atoms in total. The van der Waals surface area contributed by atoms with Crippen LogP contribution < -0.4 is 5.32 Å². The van der Waals surface area contributed by atoms with E-state index in [9.17, 15) is 4.79 Å². The number of anilines is 1. The van der Waals surface area contributed by atoms with Gasteiger partial charge in [0.1, 0.15) is 0 Å². The third-order valence-electron chi connectivity index (χ3n) is 2.95. The van der Waals surface area contributed by atoms with E-state index in [2.05, 4.69) is 21.2 Å². The Morgan fingerprint density at radius 1 is 1.11 bits per heavy atom. The second-order valence-electron chi connectivity index (χ2n) is 4.38. The molecular weight excluding hydrogens is 326 g/mol. The molecule has 0 aliphatic heterocycles. The van der Waals surface area contributed by atoms with Crippen LogP contribution in [0.4, 0.5) is 5.69 Å². The average Bonchev–Trinajstić information content (AvgIpc) is 2.36. The highest BCUT2D eigenvalue weighted by Crippen LogP contribution is 2.26. The number of hydrogen-bond donors (Lipinski definition) is 1. The van der Waals surface area contributed by atoms with Crippen LogP contribution in [0.5, 0.6) is 0 Å². The molecule has 0 bridgehead atoms. The van der Waals surface area contributed by atoms with Crippen LogP contribution in [0.2, 0.25) is 5.02 Å². The van der Waals surface area contributed by atoms with Gasteiger partial charge in [0.05, 0.1) is 10.7 Å². The molecule has 0 saturated carbocycles. The van der Waals surface area contributed by atoms with Gasteiger partial charge in [-0.2, -0.15) is 0 Å². The zero-order valence-corrected chi connectivity index (χ0v) is 13.0. The van der Waals surface area contributed by atoms with Crippen LogP contribution in [-0.4, -0.2) is 5.91 Å². The molecule has 4 heteroatoms. The number of carbonyl (C=O) groups excluding carboxylic acids is 1. The molecular formula is C15H13BrClNO. The molecule has 0 aliphatic carbocycles. The van der Waals surface area contributed by atoms with Crippen LogP contribution in [0.15, 0.2) is 40.9 Å². The normalized spacial score (nSPS) is 10.3. The van der Waals surface area contributed by atoms with Gasteiger partial charge in [-0.15, -0.1) is 0 Å². The minimum absolute atomic E-state index is 0.160. The summed E-state index contributed by atoms with van der Waals surface area (Å²) in [7, 11) is 0. The number of rotatable bonds is 2. The summed E-state index contributed by atoms with van der Waals surface area (Å²) in [5.41, 5.74) is 3.49. The fraction of sp³-hybridized carbons (Fsp3) is 0.133. The molecule has 98 valence electrons. The van der Waals surface area contributed by atoms with Crippen molar-refractivity contribution in [3.05, 3.63) is 62.6 Å². The minimum atomic E-state index is -0.160. The van der Waals surface area contributed by atoms with Gasteiger partial charge in [-0.05, 0) is 55.3 Å². The highest BCUT2D eigenvalue weighted by atomic mass is 79.9. The van der Waals surface area contributed by atoms with Crippen molar-refractivity contribution in [2.45, 2.75) is 13.8 Å². The lowest BCUT2D eigenvalue weighted by atomic mass is 10.1. The second-order valence-corrected chi connectivity index (χ2v) is 5.70. The van der Waals surface area contributed by atoms with E-state index >= 15 is 0 Å². The van der Waals surface area contributed by atoms with E-state index in [1.165, 1.54) is 5.56 Å². The zero-order valence-electron chi connectivity index (χ0n) is 10.6. The maximum atomic E-state index is 12.1. The number of amides is 1. The topological polar surface area (TPSA) is 29.1 Å². The van der Waals surface area contributed by atoms with Gasteiger partial charge >= 0.3 is 0 Å². The standard InChI is InChI=1S/C15H13BrClNO/c1-9-3-4-11(7-10(9)2)15(19)18-14-6-5-12(16)8-13(14)17/h3-8H,1-2H3,(H,18,19). The van der Waals surface area contributed by atoms with E-state index in [1.807, 2.05) is 38.1 Å². The predicted octanol–water partition coefficient (Wildman–Crippen LogP) is 4.97. The van der Waals surface area contributed by atoms with Gasteiger partial charge in [0.25, 0.3) is 5.91 Å². The molecule has 2 aromatic carbocycles. The van der Waals surface area contributed by atoms with Gasteiger partial charge in [0, 0.05) is 10.0 Å². The predicted molar refractivity (Wildman–Crippen MR) is 83.0 cm³/mol. The van der Waals surface area contributed by atoms with Crippen molar-refractivity contribution >= 4 is 39.1 Å². The summed E-state index contributed by atoms with van der Waals surface area (Å²) in [5.74, 6) is -0.160. The Morgan fingerprint density at radius 3 is 2.47 bits per heavy atom. The number of halogens is 2. The summed E-state index contributed by atoms with van der Waals surface area (Å²) in [5, 5.41) is 3.31. The van der Waals surface area contributed by atoms with E-state index < -0.39 is 0 Å². The molecule has 19 heavy (non-hydrogen) atoms. The fourth-order valence-corrected chi connectivity index (χ4v) is 2.39. The molecule has 0 spiro atoms. The highest BCUT2D eigenvalue weighted by molar-refractivity contribution is 9.10. The summed E-state index contributed by atoms with van der Waals surface area (Å²) in [6, 6.07) is 11.0. The monoisotopic (exact) mass is 337 g/mol. The van der Waals surface area contributed by atoms with Gasteiger partial charge in [-0.3, -0.25) is 4.79 Å². The Kier molecular flexibility index (Phi) is 4.27. The zero-order chi connectivity index (χ0) is 14.0. The van der Waals surface area contributed by atoms with Crippen LogP contribution >= 0.6 is 27.5 Å². The molecule has 0 saturated heterocycles. The molecule has 0 atom stereocenters. The number of benzene rings is 2. The number of nitrogens with one attached hydrogen (secondary N) is 1. The third-order valence-corrected chi connectivity index (χ3v) is 3.75. The van der Waals surface area contributed by atoms with Crippen molar-refractivity contribution in [1.82, 2.24) is 0 Å². The first kappa shape index (κ1) is 14.1. The first-order chi connectivity index (χ1) is 8.97. The number of hydrogen-bond acceptors (Lipinski definition) is 1. The quantitative estimate of drug-likeness (QED) is 0.823. The van der Waals surface area contributed by atoms with Gasteiger partial charge < -0.3 is 5.32 Å². The molecule has 0 aromatic heterocycles. The molecule has 2 rings (SSSR count). The smallest absolute Gasteiger partial charge is 0.255 e. The Morgan fingerprint density at radius 2 is 1.84 bits per heavy atom. The molecule has 0 aliphatic rings. The van der Waals surface area contributed by atoms with Gasteiger partial charge in [-0.1, -0.05) is 33.6 Å². The van der Waals surface area contributed by atoms with E-state index in [1.54, 1.807) is 12.1 Å². The van der Waals surface area contributed by atoms with Crippen LogP contribution in [0.3, 0.4) is 0 Å². The first-order valence-electron chi connectivity index (χ1n) is 5.81. The van der Waals surface area contributed by atoms with Gasteiger partial charge in [0.15, 0.2) is 0 Å². The lowest BCUT2D eigenvalue weighted by Gasteiger charge is -2.09. The van der Waals surface area contributed by atoms with E-state index in [-0.39, 0.29) is 5.91 Å². The average molecular weight is 339 g/mol. The van der Waals surface area contributed by atoms with Crippen molar-refractivity contribution < 1.29 is 4.79 Å². The summed E-state index contributed by atoms with van der Waals surface area (Å²) in [6.07, 6.45) is 0. The fourth-order valence-electron chi connectivity index (χ4n) is 1.67. The number of carbonyl (C=O) groups is 1. The van der Waals surface area contributed by atoms with Crippen LogP contribution in [0, 0.1) is 13.8 Å². The van der Waals surface area contributed by atoms with E-state index in [0.717, 1.165) is 10.0 Å². The van der Waals surface area contributed by atoms with Crippen molar-refractivity contribution in [2.24, 2.45) is 0 Å². The molecule has 0 unspecified atom stereocenters. The summed E-state index contributed by atoms with van der Waals surface area (Å²) in [6.45, 7) is 4.00. The molecule has 1 N–H and O–H groups in total. The molecule has 0 heterocycles. The van der Waals surface area contributed by atoms with Crippen molar-refractivity contribution in [2.75, 3.05) is 5.32 Å². The largest absolute Gasteiger partial charge is 0.321 e. The second kappa shape index (κ2) is 5.76. The van der Waals surface area contributed by atoms with Crippen molar-refractivity contribution in [3.8, 4) is 0 Å². The lowest BCUT2D eigenvalue weighted by molar-refractivity contribution is 0.102. The van der Waals surface area contributed by atoms with Gasteiger partial charge in [-0.25, -0.2) is 0 Å². The minimum Gasteiger partial charge on any atom is -0.321 e. The summed E-state index contributed by atoms with van der Waals surface area (Å²) >= 11 is 9.40. The Hall–Kier alpha value is -1.32.